The molecule has 0 bridgehead atoms. The molecule has 17 heavy (non-hydrogen) atoms. The lowest BCUT2D eigenvalue weighted by Crippen LogP contribution is -2.28. The minimum atomic E-state index is -0.637. The maximum Gasteiger partial charge on any atom is 0.414 e. The molecule has 0 aliphatic carbocycles. The first-order valence-electron chi connectivity index (χ1n) is 5.02. The van der Waals surface area contributed by atoms with Crippen LogP contribution < -0.4 is 11.1 Å². The Morgan fingerprint density at radius 1 is 1.47 bits per heavy atom. The standard InChI is InChI=1S/C10H16N4O3/c1-10(2,3)17-9(16)13-8-12-5-6(7(11)15)14(8)4/h5H,1-4H3,(H2,11,15)(H,12,13,16). The van der Waals surface area contributed by atoms with Gasteiger partial charge < -0.3 is 15.0 Å². The van der Waals surface area contributed by atoms with Crippen LogP contribution in [0.1, 0.15) is 31.3 Å². The number of nitrogens with one attached hydrogen (secondary N) is 1. The number of nitrogens with two attached hydrogens (primary N) is 1. The average molecular weight is 240 g/mol. The van der Waals surface area contributed by atoms with Crippen LogP contribution in [0.2, 0.25) is 0 Å². The van der Waals surface area contributed by atoms with E-state index in [1.807, 2.05) is 0 Å². The van der Waals surface area contributed by atoms with Gasteiger partial charge in [0.15, 0.2) is 0 Å². The monoisotopic (exact) mass is 240 g/mol. The second kappa shape index (κ2) is 4.44. The molecule has 0 saturated carbocycles. The summed E-state index contributed by atoms with van der Waals surface area (Å²) in [6.07, 6.45) is 0.650. The summed E-state index contributed by atoms with van der Waals surface area (Å²) < 4.78 is 6.43. The van der Waals surface area contributed by atoms with Crippen molar-refractivity contribution >= 4 is 17.9 Å². The smallest absolute Gasteiger partial charge is 0.414 e. The van der Waals surface area contributed by atoms with E-state index >= 15 is 0 Å². The van der Waals surface area contributed by atoms with Crippen molar-refractivity contribution in [2.24, 2.45) is 12.8 Å². The van der Waals surface area contributed by atoms with Crippen molar-refractivity contribution in [3.05, 3.63) is 11.9 Å². The minimum Gasteiger partial charge on any atom is -0.444 e. The van der Waals surface area contributed by atoms with E-state index in [0.29, 0.717) is 0 Å². The zero-order valence-electron chi connectivity index (χ0n) is 10.3. The highest BCUT2D eigenvalue weighted by atomic mass is 16.6. The summed E-state index contributed by atoms with van der Waals surface area (Å²) in [5, 5.41) is 2.42. The number of anilines is 1. The molecule has 0 aliphatic rings. The molecule has 0 spiro atoms. The molecule has 0 atom stereocenters. The van der Waals surface area contributed by atoms with E-state index in [4.69, 9.17) is 10.5 Å². The van der Waals surface area contributed by atoms with E-state index in [9.17, 15) is 9.59 Å². The quantitative estimate of drug-likeness (QED) is 0.800. The van der Waals surface area contributed by atoms with Crippen molar-refractivity contribution in [3.63, 3.8) is 0 Å². The molecule has 1 rings (SSSR count). The number of hydrogen-bond donors (Lipinski definition) is 2. The largest absolute Gasteiger partial charge is 0.444 e. The number of imidazole rings is 1. The van der Waals surface area contributed by atoms with Gasteiger partial charge in [0, 0.05) is 7.05 Å². The molecule has 0 aliphatic heterocycles. The van der Waals surface area contributed by atoms with Gasteiger partial charge in [0.05, 0.1) is 6.20 Å². The number of carbonyl (C=O) groups excluding carboxylic acids is 2. The Bertz CT molecular complexity index is 445. The average Bonchev–Trinajstić information content (AvgIpc) is 2.44. The highest BCUT2D eigenvalue weighted by molar-refractivity contribution is 5.92. The summed E-state index contributed by atoms with van der Waals surface area (Å²) in [4.78, 5) is 26.3. The third-order valence-corrected chi connectivity index (χ3v) is 1.85. The van der Waals surface area contributed by atoms with E-state index < -0.39 is 17.6 Å². The molecule has 1 aromatic rings. The normalized spacial score (nSPS) is 11.1. The van der Waals surface area contributed by atoms with E-state index in [2.05, 4.69) is 10.3 Å². The summed E-state index contributed by atoms with van der Waals surface area (Å²) in [7, 11) is 1.57. The lowest BCUT2D eigenvalue weighted by atomic mass is 10.2. The van der Waals surface area contributed by atoms with Gasteiger partial charge in [0.25, 0.3) is 5.91 Å². The highest BCUT2D eigenvalue weighted by Crippen LogP contribution is 2.11. The van der Waals surface area contributed by atoms with Crippen LogP contribution in [0, 0.1) is 0 Å². The Morgan fingerprint density at radius 3 is 2.47 bits per heavy atom. The van der Waals surface area contributed by atoms with Crippen molar-refractivity contribution in [1.29, 1.82) is 0 Å². The molecule has 0 saturated heterocycles. The first-order valence-corrected chi connectivity index (χ1v) is 5.02. The Balaban J connectivity index is 2.76. The van der Waals surface area contributed by atoms with Gasteiger partial charge in [-0.1, -0.05) is 0 Å². The Morgan fingerprint density at radius 2 is 2.06 bits per heavy atom. The lowest BCUT2D eigenvalue weighted by molar-refractivity contribution is 0.0633. The SMILES string of the molecule is Cn1c(C(N)=O)cnc1NC(=O)OC(C)(C)C. The van der Waals surface area contributed by atoms with Crippen LogP contribution in [0.4, 0.5) is 10.7 Å². The number of nitrogens with zero attached hydrogens (tertiary/aromatic N) is 2. The maximum atomic E-state index is 11.5. The second-order valence-electron chi connectivity index (χ2n) is 4.52. The molecule has 2 amide bonds. The molecule has 7 nitrogen and oxygen atoms in total. The van der Waals surface area contributed by atoms with Crippen LogP contribution in [-0.2, 0) is 11.8 Å². The van der Waals surface area contributed by atoms with Crippen LogP contribution >= 0.6 is 0 Å². The summed E-state index contributed by atoms with van der Waals surface area (Å²) in [5.41, 5.74) is 4.73. The van der Waals surface area contributed by atoms with Crippen LogP contribution in [-0.4, -0.2) is 27.2 Å². The molecular formula is C10H16N4O3. The molecule has 0 aromatic carbocycles. The van der Waals surface area contributed by atoms with Crippen molar-refractivity contribution < 1.29 is 14.3 Å². The third kappa shape index (κ3) is 3.47. The van der Waals surface area contributed by atoms with Crippen molar-refractivity contribution in [1.82, 2.24) is 9.55 Å². The molecule has 1 heterocycles. The van der Waals surface area contributed by atoms with Gasteiger partial charge in [-0.3, -0.25) is 10.1 Å². The molecule has 3 N–H and O–H groups in total. The fourth-order valence-electron chi connectivity index (χ4n) is 1.15. The van der Waals surface area contributed by atoms with Crippen molar-refractivity contribution in [2.45, 2.75) is 26.4 Å². The Hall–Kier alpha value is -2.05. The van der Waals surface area contributed by atoms with Gasteiger partial charge in [-0.15, -0.1) is 0 Å². The summed E-state index contributed by atoms with van der Waals surface area (Å²) in [6.45, 7) is 5.25. The number of amides is 2. The number of hydrogen-bond acceptors (Lipinski definition) is 4. The first-order chi connectivity index (χ1) is 7.70. The Kier molecular flexibility index (Phi) is 3.40. The van der Waals surface area contributed by atoms with Crippen molar-refractivity contribution in [2.75, 3.05) is 5.32 Å². The van der Waals surface area contributed by atoms with Crippen LogP contribution in [0.5, 0.6) is 0 Å². The third-order valence-electron chi connectivity index (χ3n) is 1.85. The Labute approximate surface area is 99.0 Å². The topological polar surface area (TPSA) is 99.2 Å². The number of aromatic nitrogens is 2. The molecule has 7 heteroatoms. The van der Waals surface area contributed by atoms with Gasteiger partial charge in [0.2, 0.25) is 5.95 Å². The number of ether oxygens (including phenoxy) is 1. The molecule has 0 radical (unpaired) electrons. The zero-order valence-corrected chi connectivity index (χ0v) is 10.3. The van der Waals surface area contributed by atoms with Crippen LogP contribution in [0.3, 0.4) is 0 Å². The first kappa shape index (κ1) is 13.0. The second-order valence-corrected chi connectivity index (χ2v) is 4.52. The fourth-order valence-corrected chi connectivity index (χ4v) is 1.15. The zero-order chi connectivity index (χ0) is 13.2. The number of primary amides is 1. The molecule has 94 valence electrons. The predicted octanol–water partition coefficient (Wildman–Crippen LogP) is 0.866. The fraction of sp³-hybridized carbons (Fsp3) is 0.500. The van der Waals surface area contributed by atoms with E-state index in [-0.39, 0.29) is 11.6 Å². The van der Waals surface area contributed by atoms with Crippen LogP contribution in [0.25, 0.3) is 0 Å². The maximum absolute atomic E-state index is 11.5. The summed E-state index contributed by atoms with van der Waals surface area (Å²) in [6, 6.07) is 0. The summed E-state index contributed by atoms with van der Waals surface area (Å²) >= 11 is 0. The van der Waals surface area contributed by atoms with Gasteiger partial charge in [-0.05, 0) is 20.8 Å². The van der Waals surface area contributed by atoms with Crippen LogP contribution in [0.15, 0.2) is 6.20 Å². The lowest BCUT2D eigenvalue weighted by Gasteiger charge is -2.19. The van der Waals surface area contributed by atoms with Gasteiger partial charge in [-0.25, -0.2) is 9.78 Å². The molecular weight excluding hydrogens is 224 g/mol. The number of carbonyl (C=O) groups is 2. The molecule has 0 unspecified atom stereocenters. The number of rotatable bonds is 2. The van der Waals surface area contributed by atoms with E-state index in [1.165, 1.54) is 10.8 Å². The van der Waals surface area contributed by atoms with E-state index in [1.54, 1.807) is 27.8 Å². The highest BCUT2D eigenvalue weighted by Gasteiger charge is 2.18. The molecule has 0 fully saturated rings. The minimum absolute atomic E-state index is 0.202. The molecule has 1 aromatic heterocycles. The van der Waals surface area contributed by atoms with E-state index in [0.717, 1.165) is 0 Å². The summed E-state index contributed by atoms with van der Waals surface area (Å²) in [5.74, 6) is -0.412. The predicted molar refractivity (Wildman–Crippen MR) is 61.6 cm³/mol. The van der Waals surface area contributed by atoms with Gasteiger partial charge >= 0.3 is 6.09 Å². The van der Waals surface area contributed by atoms with Crippen molar-refractivity contribution in [3.8, 4) is 0 Å². The van der Waals surface area contributed by atoms with Gasteiger partial charge in [-0.2, -0.15) is 0 Å². The van der Waals surface area contributed by atoms with Gasteiger partial charge in [0.1, 0.15) is 11.3 Å².